The first-order valence-corrected chi connectivity index (χ1v) is 10.3. The molecule has 0 rings (SSSR count). The molecule has 0 aromatic heterocycles. The monoisotopic (exact) mass is 407 g/mol. The Hall–Kier alpha value is 0.400. The van der Waals surface area contributed by atoms with Gasteiger partial charge < -0.3 is 10.8 Å². The van der Waals surface area contributed by atoms with Crippen LogP contribution in [0.5, 0.6) is 0 Å². The fraction of sp³-hybridized carbons (Fsp3) is 1.00. The van der Waals surface area contributed by atoms with Gasteiger partial charge in [0.15, 0.2) is 0 Å². The summed E-state index contributed by atoms with van der Waals surface area (Å²) in [5.41, 5.74) is 4.57. The van der Waals surface area contributed by atoms with Gasteiger partial charge in [-0.25, -0.2) is 0 Å². The summed E-state index contributed by atoms with van der Waals surface area (Å²) in [7, 11) is 0. The summed E-state index contributed by atoms with van der Waals surface area (Å²) in [5, 5.41) is 9.93. The molecule has 0 heterocycles. The van der Waals surface area contributed by atoms with E-state index in [9.17, 15) is 5.11 Å². The first kappa shape index (κ1) is 26.6. The molecule has 2 nitrogen and oxygen atoms in total. The maximum Gasteiger partial charge on any atom is 0.115 e. The van der Waals surface area contributed by atoms with Gasteiger partial charge in [-0.2, -0.15) is 0 Å². The van der Waals surface area contributed by atoms with Gasteiger partial charge in [0.1, 0.15) is 5.72 Å². The van der Waals surface area contributed by atoms with Gasteiger partial charge in [-0.3, -0.25) is 0 Å². The van der Waals surface area contributed by atoms with E-state index in [4.69, 9.17) is 5.73 Å². The molecule has 0 saturated heterocycles. The lowest BCUT2D eigenvalue weighted by Crippen LogP contribution is -2.49. The topological polar surface area (TPSA) is 46.2 Å². The highest BCUT2D eigenvalue weighted by molar-refractivity contribution is 8.93. The fourth-order valence-electron chi connectivity index (χ4n) is 3.01. The van der Waals surface area contributed by atoms with E-state index in [2.05, 4.69) is 20.8 Å². The number of nitrogens with two attached hydrogens (primary N) is 1. The number of aliphatic hydroxyl groups is 1. The van der Waals surface area contributed by atoms with E-state index in [1.165, 1.54) is 89.9 Å². The molecule has 3 N–H and O–H groups in total. The normalized spacial score (nSPS) is 14.2. The molecule has 0 aromatic rings. The minimum Gasteiger partial charge on any atom is -0.376 e. The van der Waals surface area contributed by atoms with Crippen molar-refractivity contribution < 1.29 is 5.11 Å². The van der Waals surface area contributed by atoms with Gasteiger partial charge in [-0.1, -0.05) is 111 Å². The second-order valence-electron chi connectivity index (χ2n) is 8.38. The van der Waals surface area contributed by atoms with Crippen LogP contribution in [0.4, 0.5) is 0 Å². The summed E-state index contributed by atoms with van der Waals surface area (Å²) in [6.45, 7) is 8.13. The highest BCUT2D eigenvalue weighted by Crippen LogP contribution is 2.32. The van der Waals surface area contributed by atoms with Gasteiger partial charge in [0, 0.05) is 5.41 Å². The molecule has 0 fully saturated rings. The molecule has 0 radical (unpaired) electrons. The van der Waals surface area contributed by atoms with E-state index in [0.29, 0.717) is 0 Å². The second kappa shape index (κ2) is 15.6. The summed E-state index contributed by atoms with van der Waals surface area (Å²) in [4.78, 5) is 0. The zero-order valence-corrected chi connectivity index (χ0v) is 18.8. The Labute approximate surface area is 163 Å². The maximum absolute atomic E-state index is 9.93. The van der Waals surface area contributed by atoms with Crippen LogP contribution in [0.25, 0.3) is 0 Å². The lowest BCUT2D eigenvalue weighted by Gasteiger charge is -2.37. The fourth-order valence-corrected chi connectivity index (χ4v) is 3.01. The van der Waals surface area contributed by atoms with Crippen molar-refractivity contribution in [2.75, 3.05) is 0 Å². The van der Waals surface area contributed by atoms with Gasteiger partial charge in [0.05, 0.1) is 0 Å². The Balaban J connectivity index is 0. The molecule has 0 amide bonds. The predicted octanol–water partition coefficient (Wildman–Crippen LogP) is 7.13. The van der Waals surface area contributed by atoms with Gasteiger partial charge >= 0.3 is 0 Å². The Bertz CT molecular complexity index is 261. The molecule has 0 bridgehead atoms. The van der Waals surface area contributed by atoms with Crippen LogP contribution in [0, 0.1) is 5.41 Å². The molecule has 148 valence electrons. The smallest absolute Gasteiger partial charge is 0.115 e. The third kappa shape index (κ3) is 14.7. The van der Waals surface area contributed by atoms with Gasteiger partial charge in [0.2, 0.25) is 0 Å². The average Bonchev–Trinajstić information content (AvgIpc) is 2.46. The molecular formula is C21H46BrNO. The molecular weight excluding hydrogens is 362 g/mol. The van der Waals surface area contributed by atoms with Crippen LogP contribution in [0.1, 0.15) is 124 Å². The van der Waals surface area contributed by atoms with E-state index in [-0.39, 0.29) is 22.4 Å². The number of hydrogen-bond acceptors (Lipinski definition) is 2. The van der Waals surface area contributed by atoms with Crippen LogP contribution in [0.15, 0.2) is 0 Å². The number of halogens is 1. The lowest BCUT2D eigenvalue weighted by atomic mass is 9.78. The molecule has 0 aliphatic rings. The SMILES string of the molecule is Br.CCCCCCCCCCCCCCCCC(C)(C)C(C)(N)O. The zero-order chi connectivity index (χ0) is 17.6. The van der Waals surface area contributed by atoms with E-state index in [0.717, 1.165) is 6.42 Å². The second-order valence-corrected chi connectivity index (χ2v) is 8.38. The van der Waals surface area contributed by atoms with Crippen molar-refractivity contribution in [2.45, 2.75) is 130 Å². The Morgan fingerprint density at radius 1 is 0.625 bits per heavy atom. The molecule has 0 aromatic carbocycles. The van der Waals surface area contributed by atoms with Crippen LogP contribution in [-0.4, -0.2) is 10.8 Å². The third-order valence-electron chi connectivity index (χ3n) is 5.53. The Morgan fingerprint density at radius 2 is 0.917 bits per heavy atom. The van der Waals surface area contributed by atoms with Gasteiger partial charge in [0.25, 0.3) is 0 Å². The molecule has 0 saturated carbocycles. The molecule has 1 atom stereocenters. The molecule has 0 spiro atoms. The number of hydrogen-bond donors (Lipinski definition) is 2. The van der Waals surface area contributed by atoms with E-state index >= 15 is 0 Å². The van der Waals surface area contributed by atoms with Crippen molar-refractivity contribution in [1.82, 2.24) is 0 Å². The maximum atomic E-state index is 9.93. The van der Waals surface area contributed by atoms with E-state index in [1.54, 1.807) is 6.92 Å². The largest absolute Gasteiger partial charge is 0.376 e. The Kier molecular flexibility index (Phi) is 17.4. The van der Waals surface area contributed by atoms with E-state index in [1.807, 2.05) is 0 Å². The minimum atomic E-state index is -1.07. The quantitative estimate of drug-likeness (QED) is 0.211. The minimum absolute atomic E-state index is 0. The summed E-state index contributed by atoms with van der Waals surface area (Å²) in [6, 6.07) is 0. The first-order chi connectivity index (χ1) is 10.8. The van der Waals surface area contributed by atoms with Crippen LogP contribution in [0.2, 0.25) is 0 Å². The van der Waals surface area contributed by atoms with Crippen molar-refractivity contribution in [2.24, 2.45) is 11.1 Å². The molecule has 0 aliphatic carbocycles. The zero-order valence-electron chi connectivity index (χ0n) is 17.0. The standard InChI is InChI=1S/C21H45NO.BrH/c1-5-6-7-8-9-10-11-12-13-14-15-16-17-18-19-20(2,3)21(4,22)23;/h23H,5-19,22H2,1-4H3;1H. The number of rotatable bonds is 16. The summed E-state index contributed by atoms with van der Waals surface area (Å²) in [5.74, 6) is 0. The summed E-state index contributed by atoms with van der Waals surface area (Å²) in [6.07, 6.45) is 20.4. The van der Waals surface area contributed by atoms with Crippen molar-refractivity contribution in [1.29, 1.82) is 0 Å². The highest BCUT2D eigenvalue weighted by atomic mass is 79.9. The van der Waals surface area contributed by atoms with E-state index < -0.39 is 5.72 Å². The van der Waals surface area contributed by atoms with Crippen LogP contribution in [0.3, 0.4) is 0 Å². The highest BCUT2D eigenvalue weighted by Gasteiger charge is 2.34. The molecule has 1 unspecified atom stereocenters. The molecule has 3 heteroatoms. The Morgan fingerprint density at radius 3 is 1.21 bits per heavy atom. The van der Waals surface area contributed by atoms with Crippen LogP contribution in [-0.2, 0) is 0 Å². The average molecular weight is 409 g/mol. The van der Waals surface area contributed by atoms with Crippen LogP contribution >= 0.6 is 17.0 Å². The van der Waals surface area contributed by atoms with Crippen molar-refractivity contribution in [3.63, 3.8) is 0 Å². The van der Waals surface area contributed by atoms with Crippen LogP contribution < -0.4 is 5.73 Å². The van der Waals surface area contributed by atoms with Crippen molar-refractivity contribution >= 4 is 17.0 Å². The number of unbranched alkanes of at least 4 members (excludes halogenated alkanes) is 13. The molecule has 0 aliphatic heterocycles. The third-order valence-corrected chi connectivity index (χ3v) is 5.53. The van der Waals surface area contributed by atoms with Crippen molar-refractivity contribution in [3.8, 4) is 0 Å². The predicted molar refractivity (Wildman–Crippen MR) is 114 cm³/mol. The molecule has 24 heavy (non-hydrogen) atoms. The first-order valence-electron chi connectivity index (χ1n) is 10.3. The summed E-state index contributed by atoms with van der Waals surface area (Å²) < 4.78 is 0. The summed E-state index contributed by atoms with van der Waals surface area (Å²) >= 11 is 0. The van der Waals surface area contributed by atoms with Crippen molar-refractivity contribution in [3.05, 3.63) is 0 Å². The van der Waals surface area contributed by atoms with Gasteiger partial charge in [-0.05, 0) is 13.3 Å². The van der Waals surface area contributed by atoms with Gasteiger partial charge in [-0.15, -0.1) is 17.0 Å². The lowest BCUT2D eigenvalue weighted by molar-refractivity contribution is -0.0514.